The summed E-state index contributed by atoms with van der Waals surface area (Å²) in [5.74, 6) is 0.0371. The largest absolute Gasteiger partial charge is 0.497 e. The first-order valence-corrected chi connectivity index (χ1v) is 7.90. The van der Waals surface area contributed by atoms with Crippen LogP contribution in [0.25, 0.3) is 0 Å². The Hall–Kier alpha value is -3.08. The van der Waals surface area contributed by atoms with Crippen LogP contribution in [-0.2, 0) is 14.3 Å². The van der Waals surface area contributed by atoms with Gasteiger partial charge in [0.25, 0.3) is 5.91 Å². The smallest absolute Gasteiger partial charge is 0.334 e. The van der Waals surface area contributed by atoms with Gasteiger partial charge in [0.1, 0.15) is 5.75 Å². The summed E-state index contributed by atoms with van der Waals surface area (Å²) < 4.78 is 9.96. The van der Waals surface area contributed by atoms with E-state index in [0.717, 1.165) is 17.0 Å². The number of β-lactam (4-membered cyclic amide) rings is 1. The molecule has 2 aromatic carbocycles. The molecule has 1 atom stereocenters. The van der Waals surface area contributed by atoms with Crippen LogP contribution in [-0.4, -0.2) is 26.1 Å². The molecule has 0 saturated carbocycles. The van der Waals surface area contributed by atoms with Crippen LogP contribution in [0.4, 0.5) is 5.69 Å². The number of hydrogen-bond acceptors (Lipinski definition) is 4. The van der Waals surface area contributed by atoms with E-state index in [-0.39, 0.29) is 11.9 Å². The lowest BCUT2D eigenvalue weighted by Crippen LogP contribution is -2.50. The van der Waals surface area contributed by atoms with E-state index in [1.54, 1.807) is 31.1 Å². The zero-order valence-corrected chi connectivity index (χ0v) is 14.4. The molecule has 0 bridgehead atoms. The van der Waals surface area contributed by atoms with Crippen molar-refractivity contribution in [1.82, 2.24) is 0 Å². The molecule has 0 spiro atoms. The fourth-order valence-corrected chi connectivity index (χ4v) is 3.02. The third-order valence-electron chi connectivity index (χ3n) is 4.34. The van der Waals surface area contributed by atoms with Crippen LogP contribution in [0.5, 0.6) is 5.75 Å². The molecule has 1 fully saturated rings. The minimum atomic E-state index is -0.487. The number of nitrogens with zero attached hydrogens (tertiary/aromatic N) is 1. The highest BCUT2D eigenvalue weighted by Crippen LogP contribution is 2.44. The molecular formula is C20H19NO4. The Morgan fingerprint density at radius 2 is 1.64 bits per heavy atom. The highest BCUT2D eigenvalue weighted by Gasteiger charge is 2.46. The van der Waals surface area contributed by atoms with Crippen molar-refractivity contribution in [3.8, 4) is 5.75 Å². The molecule has 0 aliphatic carbocycles. The molecule has 0 aromatic heterocycles. The number of hydrogen-bond donors (Lipinski definition) is 0. The number of benzene rings is 2. The molecule has 1 saturated heterocycles. The number of esters is 1. The fraction of sp³-hybridized carbons (Fsp3) is 0.200. The quantitative estimate of drug-likeness (QED) is 0.488. The molecule has 1 amide bonds. The van der Waals surface area contributed by atoms with Gasteiger partial charge in [0, 0.05) is 11.3 Å². The Morgan fingerprint density at radius 1 is 1.00 bits per heavy atom. The van der Waals surface area contributed by atoms with Crippen molar-refractivity contribution in [3.63, 3.8) is 0 Å². The van der Waals surface area contributed by atoms with Gasteiger partial charge < -0.3 is 9.47 Å². The molecule has 128 valence electrons. The minimum Gasteiger partial charge on any atom is -0.497 e. The van der Waals surface area contributed by atoms with E-state index in [9.17, 15) is 9.59 Å². The maximum Gasteiger partial charge on any atom is 0.334 e. The standard InChI is InChI=1S/C20H19NO4/c1-13(20(23)25-3)17-18(14-7-5-4-6-8-14)21(19(17)22)15-9-11-16(24-2)12-10-15/h4-12,18H,1-3H3/b17-13+. The normalized spacial score (nSPS) is 18.4. The van der Waals surface area contributed by atoms with E-state index in [4.69, 9.17) is 9.47 Å². The third kappa shape index (κ3) is 2.89. The first-order chi connectivity index (χ1) is 12.1. The number of ether oxygens (including phenoxy) is 2. The van der Waals surface area contributed by atoms with Crippen LogP contribution in [0.2, 0.25) is 0 Å². The molecule has 2 aromatic rings. The van der Waals surface area contributed by atoms with Crippen molar-refractivity contribution in [1.29, 1.82) is 0 Å². The average Bonchev–Trinajstić information content (AvgIpc) is 2.66. The lowest BCUT2D eigenvalue weighted by Gasteiger charge is -2.43. The molecule has 5 nitrogen and oxygen atoms in total. The Morgan fingerprint density at radius 3 is 2.20 bits per heavy atom. The zero-order chi connectivity index (χ0) is 18.0. The molecule has 3 rings (SSSR count). The van der Waals surface area contributed by atoms with Crippen molar-refractivity contribution in [3.05, 3.63) is 71.3 Å². The Labute approximate surface area is 146 Å². The van der Waals surface area contributed by atoms with Gasteiger partial charge in [0.2, 0.25) is 0 Å². The second kappa shape index (κ2) is 6.81. The molecule has 25 heavy (non-hydrogen) atoms. The summed E-state index contributed by atoms with van der Waals surface area (Å²) >= 11 is 0. The van der Waals surface area contributed by atoms with Crippen LogP contribution in [0, 0.1) is 0 Å². The Bertz CT molecular complexity index is 825. The van der Waals surface area contributed by atoms with Crippen LogP contribution >= 0.6 is 0 Å². The molecule has 1 aliphatic heterocycles. The number of anilines is 1. The lowest BCUT2D eigenvalue weighted by atomic mass is 9.84. The van der Waals surface area contributed by atoms with Crippen LogP contribution in [0.1, 0.15) is 18.5 Å². The summed E-state index contributed by atoms with van der Waals surface area (Å²) in [6, 6.07) is 16.6. The summed E-state index contributed by atoms with van der Waals surface area (Å²) in [6.45, 7) is 1.63. The summed E-state index contributed by atoms with van der Waals surface area (Å²) in [5, 5.41) is 0. The van der Waals surface area contributed by atoms with E-state index in [1.807, 2.05) is 42.5 Å². The van der Waals surface area contributed by atoms with Gasteiger partial charge in [0.05, 0.1) is 25.8 Å². The number of amides is 1. The van der Waals surface area contributed by atoms with E-state index < -0.39 is 5.97 Å². The summed E-state index contributed by atoms with van der Waals surface area (Å²) in [6.07, 6.45) is 0. The average molecular weight is 337 g/mol. The van der Waals surface area contributed by atoms with E-state index in [0.29, 0.717) is 11.1 Å². The van der Waals surface area contributed by atoms with Gasteiger partial charge in [-0.25, -0.2) is 4.79 Å². The second-order valence-corrected chi connectivity index (χ2v) is 5.72. The summed E-state index contributed by atoms with van der Waals surface area (Å²) in [4.78, 5) is 26.4. The summed E-state index contributed by atoms with van der Waals surface area (Å²) in [5.41, 5.74) is 2.50. The van der Waals surface area contributed by atoms with Crippen molar-refractivity contribution < 1.29 is 19.1 Å². The predicted octanol–water partition coefficient (Wildman–Crippen LogP) is 3.27. The molecular weight excluding hydrogens is 318 g/mol. The molecule has 0 radical (unpaired) electrons. The molecule has 5 heteroatoms. The van der Waals surface area contributed by atoms with Gasteiger partial charge in [0.15, 0.2) is 0 Å². The third-order valence-corrected chi connectivity index (χ3v) is 4.34. The first kappa shape index (κ1) is 16.8. The molecule has 1 unspecified atom stereocenters. The Balaban J connectivity index is 2.06. The van der Waals surface area contributed by atoms with Gasteiger partial charge in [-0.15, -0.1) is 0 Å². The number of carbonyl (C=O) groups is 2. The molecule has 1 aliphatic rings. The highest BCUT2D eigenvalue weighted by molar-refractivity contribution is 6.18. The van der Waals surface area contributed by atoms with Crippen LogP contribution in [0.3, 0.4) is 0 Å². The van der Waals surface area contributed by atoms with E-state index in [1.165, 1.54) is 7.11 Å². The second-order valence-electron chi connectivity index (χ2n) is 5.72. The summed E-state index contributed by atoms with van der Waals surface area (Å²) in [7, 11) is 2.91. The Kier molecular flexibility index (Phi) is 4.57. The molecule has 1 heterocycles. The van der Waals surface area contributed by atoms with Crippen molar-refractivity contribution in [2.24, 2.45) is 0 Å². The van der Waals surface area contributed by atoms with Gasteiger partial charge in [-0.2, -0.15) is 0 Å². The van der Waals surface area contributed by atoms with Crippen LogP contribution in [0.15, 0.2) is 65.7 Å². The maximum absolute atomic E-state index is 12.8. The van der Waals surface area contributed by atoms with Gasteiger partial charge in [-0.3, -0.25) is 9.69 Å². The SMILES string of the molecule is COC(=O)/C(C)=C1/C(=O)N(c2ccc(OC)cc2)C1c1ccccc1. The zero-order valence-electron chi connectivity index (χ0n) is 14.4. The highest BCUT2D eigenvalue weighted by atomic mass is 16.5. The maximum atomic E-state index is 12.8. The topological polar surface area (TPSA) is 55.8 Å². The first-order valence-electron chi connectivity index (χ1n) is 7.90. The van der Waals surface area contributed by atoms with Crippen molar-refractivity contribution in [2.75, 3.05) is 19.1 Å². The van der Waals surface area contributed by atoms with Gasteiger partial charge in [-0.1, -0.05) is 30.3 Å². The van der Waals surface area contributed by atoms with Gasteiger partial charge >= 0.3 is 5.97 Å². The van der Waals surface area contributed by atoms with Crippen molar-refractivity contribution in [2.45, 2.75) is 13.0 Å². The monoisotopic (exact) mass is 337 g/mol. The van der Waals surface area contributed by atoms with E-state index in [2.05, 4.69) is 0 Å². The number of carbonyl (C=O) groups excluding carboxylic acids is 2. The van der Waals surface area contributed by atoms with Crippen LogP contribution < -0.4 is 9.64 Å². The van der Waals surface area contributed by atoms with Gasteiger partial charge in [-0.05, 0) is 36.8 Å². The van der Waals surface area contributed by atoms with Crippen molar-refractivity contribution >= 4 is 17.6 Å². The molecule has 0 N–H and O–H groups in total. The minimum absolute atomic E-state index is 0.193. The lowest BCUT2D eigenvalue weighted by molar-refractivity contribution is -0.136. The number of methoxy groups -OCH3 is 2. The number of rotatable bonds is 4. The fourth-order valence-electron chi connectivity index (χ4n) is 3.02. The predicted molar refractivity (Wildman–Crippen MR) is 94.4 cm³/mol. The van der Waals surface area contributed by atoms with E-state index >= 15 is 0 Å².